The molecule has 0 N–H and O–H groups in total. The van der Waals surface area contributed by atoms with Gasteiger partial charge >= 0.3 is 0 Å². The Bertz CT molecular complexity index is 366. The zero-order valence-corrected chi connectivity index (χ0v) is 10.0. The Morgan fingerprint density at radius 2 is 2.20 bits per heavy atom. The predicted octanol–water partition coefficient (Wildman–Crippen LogP) is 1.90. The Kier molecular flexibility index (Phi) is 4.03. The number of ether oxygens (including phenoxy) is 1. The van der Waals surface area contributed by atoms with Crippen LogP contribution in [-0.4, -0.2) is 25.8 Å². The van der Waals surface area contributed by atoms with Crippen molar-refractivity contribution in [2.45, 2.75) is 6.92 Å². The standard InChI is InChI=1S/C11H15NO2S/c1-8-6-9(4-5-10(8)14-3)12(2)11(13)7-15/h4-6,15H,7H2,1-3H3. The average molecular weight is 225 g/mol. The van der Waals surface area contributed by atoms with Crippen LogP contribution in [0.15, 0.2) is 18.2 Å². The van der Waals surface area contributed by atoms with Crippen LogP contribution in [0.2, 0.25) is 0 Å². The third-order valence-electron chi connectivity index (χ3n) is 2.28. The van der Waals surface area contributed by atoms with Gasteiger partial charge in [0.2, 0.25) is 5.91 Å². The molecule has 0 saturated carbocycles. The smallest absolute Gasteiger partial charge is 0.236 e. The van der Waals surface area contributed by atoms with Crippen molar-refractivity contribution in [3.05, 3.63) is 23.8 Å². The summed E-state index contributed by atoms with van der Waals surface area (Å²) in [5.74, 6) is 1.01. The van der Waals surface area contributed by atoms with Gasteiger partial charge in [0, 0.05) is 12.7 Å². The molecule has 0 heterocycles. The summed E-state index contributed by atoms with van der Waals surface area (Å²) in [6.45, 7) is 1.95. The van der Waals surface area contributed by atoms with Crippen LogP contribution in [-0.2, 0) is 4.79 Å². The number of anilines is 1. The number of amides is 1. The molecule has 15 heavy (non-hydrogen) atoms. The fraction of sp³-hybridized carbons (Fsp3) is 0.364. The molecule has 3 nitrogen and oxygen atoms in total. The first-order valence-electron chi connectivity index (χ1n) is 4.62. The van der Waals surface area contributed by atoms with Gasteiger partial charge in [-0.2, -0.15) is 12.6 Å². The minimum absolute atomic E-state index is 0.0251. The van der Waals surface area contributed by atoms with Gasteiger partial charge in [-0.15, -0.1) is 0 Å². The van der Waals surface area contributed by atoms with Crippen molar-refractivity contribution < 1.29 is 9.53 Å². The summed E-state index contributed by atoms with van der Waals surface area (Å²) in [7, 11) is 3.37. The van der Waals surface area contributed by atoms with Gasteiger partial charge in [0.05, 0.1) is 12.9 Å². The number of carbonyl (C=O) groups excluding carboxylic acids is 1. The van der Waals surface area contributed by atoms with E-state index in [4.69, 9.17) is 4.74 Å². The number of benzene rings is 1. The Balaban J connectivity index is 2.97. The Morgan fingerprint density at radius 1 is 1.53 bits per heavy atom. The van der Waals surface area contributed by atoms with Crippen LogP contribution < -0.4 is 9.64 Å². The van der Waals surface area contributed by atoms with E-state index in [0.717, 1.165) is 17.0 Å². The molecule has 0 aliphatic heterocycles. The van der Waals surface area contributed by atoms with Crippen molar-refractivity contribution in [1.82, 2.24) is 0 Å². The summed E-state index contributed by atoms with van der Waals surface area (Å²) < 4.78 is 5.15. The van der Waals surface area contributed by atoms with Crippen LogP contribution in [0.1, 0.15) is 5.56 Å². The lowest BCUT2D eigenvalue weighted by atomic mass is 10.2. The van der Waals surface area contributed by atoms with Crippen LogP contribution in [0, 0.1) is 6.92 Å². The molecule has 0 unspecified atom stereocenters. The normalized spacial score (nSPS) is 9.87. The quantitative estimate of drug-likeness (QED) is 0.796. The Morgan fingerprint density at radius 3 is 2.67 bits per heavy atom. The lowest BCUT2D eigenvalue weighted by Gasteiger charge is -2.17. The number of nitrogens with zero attached hydrogens (tertiary/aromatic N) is 1. The van der Waals surface area contributed by atoms with Crippen molar-refractivity contribution in [1.29, 1.82) is 0 Å². The zero-order valence-electron chi connectivity index (χ0n) is 9.15. The maximum atomic E-state index is 11.4. The van der Waals surface area contributed by atoms with E-state index in [1.165, 1.54) is 0 Å². The van der Waals surface area contributed by atoms with E-state index in [-0.39, 0.29) is 11.7 Å². The van der Waals surface area contributed by atoms with Crippen molar-refractivity contribution in [3.63, 3.8) is 0 Å². The summed E-state index contributed by atoms with van der Waals surface area (Å²) in [4.78, 5) is 13.0. The van der Waals surface area contributed by atoms with Crippen LogP contribution in [0.5, 0.6) is 5.75 Å². The van der Waals surface area contributed by atoms with Gasteiger partial charge in [0.25, 0.3) is 0 Å². The topological polar surface area (TPSA) is 29.5 Å². The van der Waals surface area contributed by atoms with Gasteiger partial charge in [-0.1, -0.05) is 0 Å². The van der Waals surface area contributed by atoms with Crippen molar-refractivity contribution in [2.75, 3.05) is 24.8 Å². The lowest BCUT2D eigenvalue weighted by molar-refractivity contribution is -0.115. The number of carbonyl (C=O) groups is 1. The van der Waals surface area contributed by atoms with Crippen LogP contribution in [0.4, 0.5) is 5.69 Å². The van der Waals surface area contributed by atoms with E-state index in [0.29, 0.717) is 0 Å². The molecule has 1 amide bonds. The number of hydrogen-bond acceptors (Lipinski definition) is 3. The molecule has 0 bridgehead atoms. The molecule has 0 fully saturated rings. The van der Waals surface area contributed by atoms with Crippen molar-refractivity contribution in [3.8, 4) is 5.75 Å². The number of thiol groups is 1. The zero-order chi connectivity index (χ0) is 11.4. The summed E-state index contributed by atoms with van der Waals surface area (Å²) in [6, 6.07) is 5.63. The van der Waals surface area contributed by atoms with E-state index in [9.17, 15) is 4.79 Å². The highest BCUT2D eigenvalue weighted by molar-refractivity contribution is 7.81. The van der Waals surface area contributed by atoms with Gasteiger partial charge in [-0.3, -0.25) is 4.79 Å². The highest BCUT2D eigenvalue weighted by Gasteiger charge is 2.09. The van der Waals surface area contributed by atoms with Crippen molar-refractivity contribution >= 4 is 24.2 Å². The SMILES string of the molecule is COc1ccc(N(C)C(=O)CS)cc1C. The van der Waals surface area contributed by atoms with E-state index in [1.54, 1.807) is 19.1 Å². The van der Waals surface area contributed by atoms with E-state index in [1.807, 2.05) is 25.1 Å². The van der Waals surface area contributed by atoms with Gasteiger partial charge in [0.1, 0.15) is 5.75 Å². The lowest BCUT2D eigenvalue weighted by Crippen LogP contribution is -2.27. The molecular weight excluding hydrogens is 210 g/mol. The van der Waals surface area contributed by atoms with E-state index >= 15 is 0 Å². The van der Waals surface area contributed by atoms with Crippen molar-refractivity contribution in [2.24, 2.45) is 0 Å². The maximum Gasteiger partial charge on any atom is 0.236 e. The maximum absolute atomic E-state index is 11.4. The molecule has 0 aliphatic rings. The summed E-state index contributed by atoms with van der Waals surface area (Å²) in [5.41, 5.74) is 1.86. The van der Waals surface area contributed by atoms with Crippen LogP contribution in [0.3, 0.4) is 0 Å². The summed E-state index contributed by atoms with van der Waals surface area (Å²) >= 11 is 3.95. The average Bonchev–Trinajstić information content (AvgIpc) is 2.26. The monoisotopic (exact) mass is 225 g/mol. The van der Waals surface area contributed by atoms with E-state index in [2.05, 4.69) is 12.6 Å². The molecule has 0 atom stereocenters. The first-order valence-corrected chi connectivity index (χ1v) is 5.25. The number of hydrogen-bond donors (Lipinski definition) is 1. The molecule has 0 radical (unpaired) electrons. The fourth-order valence-corrected chi connectivity index (χ4v) is 1.53. The molecule has 4 heteroatoms. The first-order chi connectivity index (χ1) is 7.10. The summed E-state index contributed by atoms with van der Waals surface area (Å²) in [6.07, 6.45) is 0. The second-order valence-electron chi connectivity index (χ2n) is 3.26. The molecule has 82 valence electrons. The molecule has 1 aromatic carbocycles. The molecule has 0 aliphatic carbocycles. The molecule has 1 aromatic rings. The van der Waals surface area contributed by atoms with Gasteiger partial charge < -0.3 is 9.64 Å². The van der Waals surface area contributed by atoms with E-state index < -0.39 is 0 Å². The molecule has 0 saturated heterocycles. The minimum Gasteiger partial charge on any atom is -0.496 e. The van der Waals surface area contributed by atoms with Crippen LogP contribution in [0.25, 0.3) is 0 Å². The first kappa shape index (κ1) is 11.9. The second-order valence-corrected chi connectivity index (χ2v) is 3.58. The third-order valence-corrected chi connectivity index (χ3v) is 2.55. The highest BCUT2D eigenvalue weighted by Crippen LogP contribution is 2.23. The van der Waals surface area contributed by atoms with Crippen LogP contribution >= 0.6 is 12.6 Å². The highest BCUT2D eigenvalue weighted by atomic mass is 32.1. The molecular formula is C11H15NO2S. The third kappa shape index (κ3) is 2.65. The predicted molar refractivity (Wildman–Crippen MR) is 65.0 cm³/mol. The Hall–Kier alpha value is -1.16. The largest absolute Gasteiger partial charge is 0.496 e. The van der Waals surface area contributed by atoms with Gasteiger partial charge in [0.15, 0.2) is 0 Å². The second kappa shape index (κ2) is 5.07. The molecule has 0 aromatic heterocycles. The summed E-state index contributed by atoms with van der Waals surface area (Å²) in [5, 5.41) is 0. The van der Waals surface area contributed by atoms with Gasteiger partial charge in [-0.05, 0) is 30.7 Å². The Labute approximate surface area is 95.4 Å². The minimum atomic E-state index is -0.0251. The fourth-order valence-electron chi connectivity index (χ4n) is 1.32. The number of methoxy groups -OCH3 is 1. The molecule has 1 rings (SSSR count). The van der Waals surface area contributed by atoms with Gasteiger partial charge in [-0.25, -0.2) is 0 Å². The molecule has 0 spiro atoms. The number of rotatable bonds is 3. The number of aryl methyl sites for hydroxylation is 1.